The van der Waals surface area contributed by atoms with Crippen LogP contribution in [0.4, 0.5) is 5.82 Å². The van der Waals surface area contributed by atoms with Crippen LogP contribution >= 0.6 is 0 Å². The quantitative estimate of drug-likeness (QED) is 0.730. The number of rotatable bonds is 1. The summed E-state index contributed by atoms with van der Waals surface area (Å²) in [6.45, 7) is 5.10. The van der Waals surface area contributed by atoms with Crippen LogP contribution in [0.15, 0.2) is 18.3 Å². The van der Waals surface area contributed by atoms with Crippen LogP contribution in [0.3, 0.4) is 0 Å². The van der Waals surface area contributed by atoms with E-state index in [9.17, 15) is 0 Å². The molecule has 1 saturated heterocycles. The van der Waals surface area contributed by atoms with Gasteiger partial charge in [0.2, 0.25) is 0 Å². The van der Waals surface area contributed by atoms with E-state index in [1.807, 2.05) is 12.1 Å². The number of anilines is 1. The summed E-state index contributed by atoms with van der Waals surface area (Å²) in [5.74, 6) is 0.961. The van der Waals surface area contributed by atoms with E-state index in [0.717, 1.165) is 25.5 Å². The van der Waals surface area contributed by atoms with Crippen LogP contribution in [0.5, 0.6) is 0 Å². The molecular formula is C11H14N4. The van der Waals surface area contributed by atoms with Gasteiger partial charge in [-0.25, -0.2) is 4.98 Å². The van der Waals surface area contributed by atoms with Crippen molar-refractivity contribution in [2.45, 2.75) is 13.0 Å². The fraction of sp³-hybridized carbons (Fsp3) is 0.455. The van der Waals surface area contributed by atoms with Gasteiger partial charge in [0.05, 0.1) is 5.56 Å². The smallest absolute Gasteiger partial charge is 0.128 e. The van der Waals surface area contributed by atoms with E-state index in [4.69, 9.17) is 5.26 Å². The molecule has 1 aliphatic rings. The number of pyridine rings is 1. The van der Waals surface area contributed by atoms with Crippen LogP contribution in [0.1, 0.15) is 12.5 Å². The molecule has 0 spiro atoms. The van der Waals surface area contributed by atoms with Crippen molar-refractivity contribution in [2.75, 3.05) is 24.5 Å². The molecule has 0 aromatic carbocycles. The standard InChI is InChI=1S/C11H14N4/c1-9-8-15(5-4-13-9)11-3-2-10(6-12)7-14-11/h2-3,7,9,13H,4-5,8H2,1H3. The lowest BCUT2D eigenvalue weighted by Crippen LogP contribution is -2.49. The van der Waals surface area contributed by atoms with E-state index < -0.39 is 0 Å². The maximum Gasteiger partial charge on any atom is 0.128 e. The molecule has 15 heavy (non-hydrogen) atoms. The summed E-state index contributed by atoms with van der Waals surface area (Å²) in [5, 5.41) is 12.0. The van der Waals surface area contributed by atoms with Gasteiger partial charge in [-0.3, -0.25) is 0 Å². The van der Waals surface area contributed by atoms with Gasteiger partial charge in [-0.2, -0.15) is 5.26 Å². The molecule has 1 aromatic rings. The Bertz CT molecular complexity index is 365. The van der Waals surface area contributed by atoms with Crippen molar-refractivity contribution >= 4 is 5.82 Å². The Balaban J connectivity index is 2.12. The normalized spacial score (nSPS) is 21.1. The predicted octanol–water partition coefficient (Wildman–Crippen LogP) is 0.751. The summed E-state index contributed by atoms with van der Waals surface area (Å²) >= 11 is 0. The molecule has 4 nitrogen and oxygen atoms in total. The summed E-state index contributed by atoms with van der Waals surface area (Å²) in [4.78, 5) is 6.52. The van der Waals surface area contributed by atoms with Crippen LogP contribution < -0.4 is 10.2 Å². The zero-order chi connectivity index (χ0) is 10.7. The van der Waals surface area contributed by atoms with Crippen molar-refractivity contribution in [1.82, 2.24) is 10.3 Å². The molecule has 2 rings (SSSR count). The summed E-state index contributed by atoms with van der Waals surface area (Å²) in [7, 11) is 0. The Morgan fingerprint density at radius 1 is 1.60 bits per heavy atom. The molecule has 1 unspecified atom stereocenters. The van der Waals surface area contributed by atoms with Gasteiger partial charge in [0.25, 0.3) is 0 Å². The zero-order valence-corrected chi connectivity index (χ0v) is 8.77. The van der Waals surface area contributed by atoms with Gasteiger partial charge >= 0.3 is 0 Å². The highest BCUT2D eigenvalue weighted by Gasteiger charge is 2.16. The average Bonchev–Trinajstić information content (AvgIpc) is 2.29. The van der Waals surface area contributed by atoms with E-state index in [1.165, 1.54) is 0 Å². The van der Waals surface area contributed by atoms with Gasteiger partial charge < -0.3 is 10.2 Å². The Morgan fingerprint density at radius 3 is 3.07 bits per heavy atom. The largest absolute Gasteiger partial charge is 0.354 e. The lowest BCUT2D eigenvalue weighted by Gasteiger charge is -2.32. The topological polar surface area (TPSA) is 52.0 Å². The molecule has 0 bridgehead atoms. The van der Waals surface area contributed by atoms with Crippen LogP contribution in [0.25, 0.3) is 0 Å². The fourth-order valence-electron chi connectivity index (χ4n) is 1.78. The second kappa shape index (κ2) is 4.28. The number of hydrogen-bond acceptors (Lipinski definition) is 4. The maximum atomic E-state index is 8.67. The first kappa shape index (κ1) is 9.94. The van der Waals surface area contributed by atoms with Crippen LogP contribution in [0.2, 0.25) is 0 Å². The van der Waals surface area contributed by atoms with Gasteiger partial charge in [-0.15, -0.1) is 0 Å². The van der Waals surface area contributed by atoms with Gasteiger partial charge in [-0.1, -0.05) is 0 Å². The first-order valence-electron chi connectivity index (χ1n) is 5.14. The first-order valence-corrected chi connectivity index (χ1v) is 5.14. The number of piperazine rings is 1. The first-order chi connectivity index (χ1) is 7.29. The number of nitrogens with one attached hydrogen (secondary N) is 1. The average molecular weight is 202 g/mol. The third-order valence-electron chi connectivity index (χ3n) is 2.57. The molecule has 0 radical (unpaired) electrons. The van der Waals surface area contributed by atoms with Crippen molar-refractivity contribution in [1.29, 1.82) is 5.26 Å². The predicted molar refractivity (Wildman–Crippen MR) is 58.6 cm³/mol. The zero-order valence-electron chi connectivity index (χ0n) is 8.77. The van der Waals surface area contributed by atoms with Gasteiger partial charge in [-0.05, 0) is 19.1 Å². The minimum absolute atomic E-state index is 0.496. The Kier molecular flexibility index (Phi) is 2.84. The molecule has 0 amide bonds. The molecule has 1 aliphatic heterocycles. The highest BCUT2D eigenvalue weighted by Crippen LogP contribution is 2.12. The lowest BCUT2D eigenvalue weighted by atomic mass is 10.2. The van der Waals surface area contributed by atoms with E-state index >= 15 is 0 Å². The summed E-state index contributed by atoms with van der Waals surface area (Å²) in [6, 6.07) is 6.30. The molecule has 1 fully saturated rings. The van der Waals surface area contributed by atoms with E-state index in [0.29, 0.717) is 11.6 Å². The molecular weight excluding hydrogens is 188 g/mol. The molecule has 78 valence electrons. The fourth-order valence-corrected chi connectivity index (χ4v) is 1.78. The van der Waals surface area contributed by atoms with Crippen molar-refractivity contribution in [3.63, 3.8) is 0 Å². The maximum absolute atomic E-state index is 8.67. The molecule has 1 N–H and O–H groups in total. The van der Waals surface area contributed by atoms with Crippen molar-refractivity contribution in [3.05, 3.63) is 23.9 Å². The molecule has 1 aromatic heterocycles. The monoisotopic (exact) mass is 202 g/mol. The van der Waals surface area contributed by atoms with Crippen molar-refractivity contribution in [2.24, 2.45) is 0 Å². The minimum Gasteiger partial charge on any atom is -0.354 e. The van der Waals surface area contributed by atoms with Crippen molar-refractivity contribution in [3.8, 4) is 6.07 Å². The third-order valence-corrected chi connectivity index (χ3v) is 2.57. The van der Waals surface area contributed by atoms with Gasteiger partial charge in [0.1, 0.15) is 11.9 Å². The van der Waals surface area contributed by atoms with Gasteiger partial charge in [0.15, 0.2) is 0 Å². The molecule has 0 aliphatic carbocycles. The van der Waals surface area contributed by atoms with Crippen LogP contribution in [-0.2, 0) is 0 Å². The Hall–Kier alpha value is -1.60. The second-order valence-electron chi connectivity index (χ2n) is 3.82. The SMILES string of the molecule is CC1CN(c2ccc(C#N)cn2)CCN1. The summed E-state index contributed by atoms with van der Waals surface area (Å²) < 4.78 is 0. The second-order valence-corrected chi connectivity index (χ2v) is 3.82. The number of nitrogens with zero attached hydrogens (tertiary/aromatic N) is 3. The highest BCUT2D eigenvalue weighted by molar-refractivity contribution is 5.42. The Labute approximate surface area is 89.5 Å². The van der Waals surface area contributed by atoms with E-state index in [-0.39, 0.29) is 0 Å². The van der Waals surface area contributed by atoms with E-state index in [1.54, 1.807) is 6.20 Å². The minimum atomic E-state index is 0.496. The number of aromatic nitrogens is 1. The highest BCUT2D eigenvalue weighted by atomic mass is 15.2. The lowest BCUT2D eigenvalue weighted by molar-refractivity contribution is 0.482. The molecule has 2 heterocycles. The van der Waals surface area contributed by atoms with Crippen LogP contribution in [0, 0.1) is 11.3 Å². The molecule has 4 heteroatoms. The molecule has 0 saturated carbocycles. The summed E-state index contributed by atoms with van der Waals surface area (Å²) in [6.07, 6.45) is 1.63. The van der Waals surface area contributed by atoms with Crippen molar-refractivity contribution < 1.29 is 0 Å². The molecule has 1 atom stereocenters. The number of nitriles is 1. The van der Waals surface area contributed by atoms with E-state index in [2.05, 4.69) is 28.2 Å². The number of hydrogen-bond donors (Lipinski definition) is 1. The van der Waals surface area contributed by atoms with Crippen LogP contribution in [-0.4, -0.2) is 30.7 Å². The van der Waals surface area contributed by atoms with Gasteiger partial charge in [0, 0.05) is 31.9 Å². The summed E-state index contributed by atoms with van der Waals surface area (Å²) in [5.41, 5.74) is 0.613. The third kappa shape index (κ3) is 2.25. The Morgan fingerprint density at radius 2 is 2.47 bits per heavy atom.